The molecule has 3 atom stereocenters. The molecule has 3 unspecified atom stereocenters. The molecule has 6 nitrogen and oxygen atoms in total. The van der Waals surface area contributed by atoms with Crippen molar-refractivity contribution in [2.75, 3.05) is 5.32 Å². The number of anilines is 1. The first-order valence-corrected chi connectivity index (χ1v) is 10.0. The third-order valence-corrected chi connectivity index (χ3v) is 6.27. The number of carbonyl (C=O) groups excluding carboxylic acids is 2. The van der Waals surface area contributed by atoms with Gasteiger partial charge in [-0.2, -0.15) is 0 Å². The molecule has 138 valence electrons. The maximum atomic E-state index is 12.3. The van der Waals surface area contributed by atoms with Crippen LogP contribution in [-0.4, -0.2) is 16.8 Å². The standard InChI is InChI=1S/C19H23N3O3S/c1-11(23)20-9-15-4-5-17(25-15)16-10-26-19(21-16)22-18(24)8-14-7-12-2-3-13(14)6-12/h4-5,10,12-14H,2-3,6-9H2,1H3,(H,20,23)(H,21,22,24). The second kappa shape index (κ2) is 7.23. The molecule has 0 aliphatic heterocycles. The van der Waals surface area contributed by atoms with Crippen molar-refractivity contribution in [1.82, 2.24) is 10.3 Å². The van der Waals surface area contributed by atoms with Crippen molar-refractivity contribution in [3.8, 4) is 11.5 Å². The van der Waals surface area contributed by atoms with Crippen molar-refractivity contribution in [3.63, 3.8) is 0 Å². The number of amides is 2. The van der Waals surface area contributed by atoms with Crippen LogP contribution in [-0.2, 0) is 16.1 Å². The van der Waals surface area contributed by atoms with Gasteiger partial charge < -0.3 is 15.1 Å². The van der Waals surface area contributed by atoms with Crippen molar-refractivity contribution >= 4 is 28.3 Å². The lowest BCUT2D eigenvalue weighted by Gasteiger charge is -2.20. The molecule has 0 aromatic carbocycles. The fourth-order valence-electron chi connectivity index (χ4n) is 4.30. The molecule has 0 saturated heterocycles. The maximum absolute atomic E-state index is 12.3. The third kappa shape index (κ3) is 3.82. The van der Waals surface area contributed by atoms with E-state index >= 15 is 0 Å². The molecule has 2 saturated carbocycles. The number of carbonyl (C=O) groups is 2. The van der Waals surface area contributed by atoms with E-state index in [1.165, 1.54) is 43.9 Å². The topological polar surface area (TPSA) is 84.2 Å². The van der Waals surface area contributed by atoms with Crippen LogP contribution in [0.25, 0.3) is 11.5 Å². The van der Waals surface area contributed by atoms with Crippen molar-refractivity contribution in [2.24, 2.45) is 17.8 Å². The summed E-state index contributed by atoms with van der Waals surface area (Å²) in [4.78, 5) is 27.8. The summed E-state index contributed by atoms with van der Waals surface area (Å²) in [5.41, 5.74) is 0.694. The van der Waals surface area contributed by atoms with Gasteiger partial charge in [0, 0.05) is 18.7 Å². The molecule has 2 aromatic rings. The van der Waals surface area contributed by atoms with Crippen LogP contribution in [0.3, 0.4) is 0 Å². The van der Waals surface area contributed by atoms with Crippen LogP contribution < -0.4 is 10.6 Å². The van der Waals surface area contributed by atoms with Crippen LogP contribution in [0.15, 0.2) is 21.9 Å². The predicted octanol–water partition coefficient (Wildman–Crippen LogP) is 3.80. The maximum Gasteiger partial charge on any atom is 0.226 e. The summed E-state index contributed by atoms with van der Waals surface area (Å²) < 4.78 is 5.70. The molecule has 26 heavy (non-hydrogen) atoms. The van der Waals surface area contributed by atoms with E-state index in [0.717, 1.165) is 11.8 Å². The molecule has 4 rings (SSSR count). The lowest BCUT2D eigenvalue weighted by molar-refractivity contribution is -0.119. The summed E-state index contributed by atoms with van der Waals surface area (Å²) in [5, 5.41) is 8.11. The number of nitrogens with zero attached hydrogens (tertiary/aromatic N) is 1. The van der Waals surface area contributed by atoms with Crippen molar-refractivity contribution in [3.05, 3.63) is 23.3 Å². The van der Waals surface area contributed by atoms with Crippen LogP contribution in [0.1, 0.15) is 44.8 Å². The van der Waals surface area contributed by atoms with E-state index in [0.29, 0.717) is 41.2 Å². The summed E-state index contributed by atoms with van der Waals surface area (Å²) in [5.74, 6) is 3.43. The van der Waals surface area contributed by atoms with Gasteiger partial charge in [0.2, 0.25) is 11.8 Å². The van der Waals surface area contributed by atoms with Crippen LogP contribution >= 0.6 is 11.3 Å². The highest BCUT2D eigenvalue weighted by atomic mass is 32.1. The summed E-state index contributed by atoms with van der Waals surface area (Å²) in [6.45, 7) is 1.82. The summed E-state index contributed by atoms with van der Waals surface area (Å²) >= 11 is 1.40. The first kappa shape index (κ1) is 17.3. The molecule has 2 aliphatic carbocycles. The molecule has 2 bridgehead atoms. The Bertz CT molecular complexity index is 813. The number of hydrogen-bond donors (Lipinski definition) is 2. The van der Waals surface area contributed by atoms with Gasteiger partial charge in [-0.3, -0.25) is 9.59 Å². The van der Waals surface area contributed by atoms with Gasteiger partial charge in [0.05, 0.1) is 6.54 Å². The molecular formula is C19H23N3O3S. The monoisotopic (exact) mass is 373 g/mol. The third-order valence-electron chi connectivity index (χ3n) is 5.51. The fourth-order valence-corrected chi connectivity index (χ4v) is 5.02. The van der Waals surface area contributed by atoms with Gasteiger partial charge in [-0.1, -0.05) is 6.42 Å². The number of hydrogen-bond acceptors (Lipinski definition) is 5. The molecule has 2 heterocycles. The second-order valence-electron chi connectivity index (χ2n) is 7.40. The molecule has 2 fully saturated rings. The van der Waals surface area contributed by atoms with E-state index in [-0.39, 0.29) is 11.8 Å². The van der Waals surface area contributed by atoms with E-state index in [2.05, 4.69) is 15.6 Å². The SMILES string of the molecule is CC(=O)NCc1ccc(-c2csc(NC(=O)CC3CC4CCC3C4)n2)o1. The summed E-state index contributed by atoms with van der Waals surface area (Å²) in [6.07, 6.45) is 5.79. The number of fused-ring (bicyclic) bond motifs is 2. The Hall–Kier alpha value is -2.15. The van der Waals surface area contributed by atoms with Crippen LogP contribution in [0, 0.1) is 17.8 Å². The number of thiazole rings is 1. The Morgan fingerprint density at radius 1 is 1.31 bits per heavy atom. The summed E-state index contributed by atoms with van der Waals surface area (Å²) in [7, 11) is 0. The Morgan fingerprint density at radius 3 is 2.92 bits per heavy atom. The van der Waals surface area contributed by atoms with E-state index in [9.17, 15) is 9.59 Å². The molecule has 2 aromatic heterocycles. The lowest BCUT2D eigenvalue weighted by Crippen LogP contribution is -2.20. The predicted molar refractivity (Wildman–Crippen MR) is 99.5 cm³/mol. The highest BCUT2D eigenvalue weighted by Crippen LogP contribution is 2.49. The first-order chi connectivity index (χ1) is 12.6. The Kier molecular flexibility index (Phi) is 4.80. The minimum absolute atomic E-state index is 0.0641. The Labute approximate surface area is 156 Å². The minimum Gasteiger partial charge on any atom is -0.458 e. The smallest absolute Gasteiger partial charge is 0.226 e. The minimum atomic E-state index is -0.0999. The number of rotatable bonds is 6. The quantitative estimate of drug-likeness (QED) is 0.806. The van der Waals surface area contributed by atoms with Crippen LogP contribution in [0.4, 0.5) is 5.13 Å². The zero-order chi connectivity index (χ0) is 18.1. The average Bonchev–Trinajstić information content (AvgIpc) is 3.37. The van der Waals surface area contributed by atoms with Crippen molar-refractivity contribution in [2.45, 2.75) is 45.6 Å². The molecular weight excluding hydrogens is 350 g/mol. The highest BCUT2D eigenvalue weighted by Gasteiger charge is 2.40. The lowest BCUT2D eigenvalue weighted by atomic mass is 9.86. The fraction of sp³-hybridized carbons (Fsp3) is 0.526. The van der Waals surface area contributed by atoms with Crippen molar-refractivity contribution in [1.29, 1.82) is 0 Å². The van der Waals surface area contributed by atoms with Gasteiger partial charge in [-0.15, -0.1) is 11.3 Å². The molecule has 0 spiro atoms. The normalized spacial score (nSPS) is 24.0. The van der Waals surface area contributed by atoms with Gasteiger partial charge in [0.15, 0.2) is 10.9 Å². The Balaban J connectivity index is 1.33. The number of furan rings is 1. The largest absolute Gasteiger partial charge is 0.458 e. The number of nitrogens with one attached hydrogen (secondary N) is 2. The van der Waals surface area contributed by atoms with E-state index in [4.69, 9.17) is 4.42 Å². The molecule has 2 aliphatic rings. The van der Waals surface area contributed by atoms with E-state index in [1.54, 1.807) is 0 Å². The van der Waals surface area contributed by atoms with E-state index < -0.39 is 0 Å². The first-order valence-electron chi connectivity index (χ1n) is 9.15. The highest BCUT2D eigenvalue weighted by molar-refractivity contribution is 7.14. The molecule has 7 heteroatoms. The zero-order valence-corrected chi connectivity index (χ0v) is 15.6. The van der Waals surface area contributed by atoms with Gasteiger partial charge >= 0.3 is 0 Å². The number of aromatic nitrogens is 1. The van der Waals surface area contributed by atoms with Gasteiger partial charge in [-0.05, 0) is 49.1 Å². The van der Waals surface area contributed by atoms with Gasteiger partial charge in [-0.25, -0.2) is 4.98 Å². The van der Waals surface area contributed by atoms with Crippen LogP contribution in [0.2, 0.25) is 0 Å². The van der Waals surface area contributed by atoms with Crippen molar-refractivity contribution < 1.29 is 14.0 Å². The molecule has 2 amide bonds. The molecule has 2 N–H and O–H groups in total. The Morgan fingerprint density at radius 2 is 2.19 bits per heavy atom. The zero-order valence-electron chi connectivity index (χ0n) is 14.8. The van der Waals surface area contributed by atoms with Gasteiger partial charge in [0.1, 0.15) is 11.5 Å². The molecule has 0 radical (unpaired) electrons. The second-order valence-corrected chi connectivity index (χ2v) is 8.26. The summed E-state index contributed by atoms with van der Waals surface area (Å²) in [6, 6.07) is 3.64. The van der Waals surface area contributed by atoms with E-state index in [1.807, 2.05) is 17.5 Å². The van der Waals surface area contributed by atoms with Crippen LogP contribution in [0.5, 0.6) is 0 Å². The van der Waals surface area contributed by atoms with Gasteiger partial charge in [0.25, 0.3) is 0 Å². The average molecular weight is 373 g/mol.